The number of carbonyl (C=O) groups is 8. The van der Waals surface area contributed by atoms with Crippen molar-refractivity contribution < 1.29 is 103 Å². The molecule has 3 saturated carbocycles. The molecule has 6 aromatic carbocycles. The van der Waals surface area contributed by atoms with Crippen LogP contribution in [-0.4, -0.2) is 150 Å². The number of rotatable bonds is 38. The molecule has 27 nitrogen and oxygen atoms in total. The van der Waals surface area contributed by atoms with Crippen LogP contribution in [0.5, 0.6) is 34.5 Å². The van der Waals surface area contributed by atoms with E-state index in [2.05, 4.69) is 53.5 Å². The standard InChI is InChI=1S/C40H39F2N3O6S.C35H31F2N3O3S.C27H29FN4O4S.C11H10FNO3/c1-39(2,3)51-38(48)45(17-18-49-4)24-27-7-11-30(44-23-27)34-22-31-37(52-34)33(13-16-43-31)50-32-12-8-26(19-29(32)42)21-36(47)40(14-15-40)35(46)20-25-5-9-28(41)10-6-25;1-2-14-38-20-24-5-9-27(40-21-24)31-19-28-34(44-31)30(11-15-39-28)43-29-10-6-23(16-26(29)37)18-33(42)35(12-13-35)32(41)17-22-3-7-25(36)8-4-22;1-27(2,3)36-26(33)32(11-12-34-4)16-17-5-7-20(31-15-17)24-14-21-25(37-24)23(9-10-30-21)35-22-8-6-18(29)13-19(22)28;12-7-1-3-8(4-2-7)13-9(14)11(5-6-11)10(15)16/h5-13,16,19,22-23H,14-15,17-18,20-21,24H2,1-4H3;3-11,15-16,19,21,38H,2,12-14,17-18,20H2,1H3;5-10,13-15H,11-12,16,29H2,1-4H3;1-4H,5-6H2,(H,13,14)(H,15,16). The van der Waals surface area contributed by atoms with Crippen LogP contribution in [0.2, 0.25) is 0 Å². The Labute approximate surface area is 867 Å². The molecule has 18 rings (SSSR count). The van der Waals surface area contributed by atoms with Gasteiger partial charge in [0.1, 0.15) is 51.3 Å². The third-order valence-corrected chi connectivity index (χ3v) is 28.0. The molecule has 5 N–H and O–H groups in total. The Morgan fingerprint density at radius 2 is 0.738 bits per heavy atom. The Morgan fingerprint density at radius 1 is 0.403 bits per heavy atom. The average molecular weight is 2090 g/mol. The lowest BCUT2D eigenvalue weighted by molar-refractivity contribution is -0.147. The molecule has 3 fully saturated rings. The van der Waals surface area contributed by atoms with E-state index in [1.165, 1.54) is 119 Å². The molecule has 3 aliphatic rings. The lowest BCUT2D eigenvalue weighted by atomic mass is 9.88. The van der Waals surface area contributed by atoms with Gasteiger partial charge in [-0.3, -0.25) is 58.7 Å². The largest absolute Gasteiger partial charge is 0.480 e. The van der Waals surface area contributed by atoms with Crippen LogP contribution in [0.1, 0.15) is 132 Å². The number of aromatic nitrogens is 6. The molecule has 772 valence electrons. The lowest BCUT2D eigenvalue weighted by Crippen LogP contribution is -2.38. The van der Waals surface area contributed by atoms with Crippen LogP contribution in [0.4, 0.5) is 47.3 Å². The second-order valence-electron chi connectivity index (χ2n) is 38.2. The van der Waals surface area contributed by atoms with Gasteiger partial charge in [0, 0.05) is 132 Å². The Bertz CT molecular complexity index is 7360. The Kier molecular flexibility index (Phi) is 34.7. The molecule has 9 aromatic heterocycles. The van der Waals surface area contributed by atoms with Crippen LogP contribution in [0.3, 0.4) is 0 Å². The number of carboxylic acid groups (broad SMARTS) is 1. The van der Waals surface area contributed by atoms with Gasteiger partial charge in [-0.2, -0.15) is 0 Å². The third kappa shape index (κ3) is 28.3. The van der Waals surface area contributed by atoms with E-state index in [1.807, 2.05) is 96.3 Å². The van der Waals surface area contributed by atoms with Crippen molar-refractivity contribution in [3.8, 4) is 66.2 Å². The van der Waals surface area contributed by atoms with Gasteiger partial charge < -0.3 is 64.4 Å². The number of carboxylic acids is 1. The summed E-state index contributed by atoms with van der Waals surface area (Å²) in [5.74, 6) is -3.98. The van der Waals surface area contributed by atoms with Crippen molar-refractivity contribution in [3.05, 3.63) is 311 Å². The van der Waals surface area contributed by atoms with Gasteiger partial charge in [0.15, 0.2) is 57.8 Å². The number of Topliss-reactive ketones (excluding diaryl/α,β-unsaturated/α-hetero) is 4. The highest BCUT2D eigenvalue weighted by Gasteiger charge is 2.58. The Morgan fingerprint density at radius 3 is 1.06 bits per heavy atom. The number of nitrogens with one attached hydrogen (secondary N) is 2. The number of amides is 3. The number of pyridine rings is 6. The van der Waals surface area contributed by atoms with E-state index in [4.69, 9.17) is 44.0 Å². The number of hydrogen-bond donors (Lipinski definition) is 4. The Balaban J connectivity index is 0.000000157. The summed E-state index contributed by atoms with van der Waals surface area (Å²) in [5, 5.41) is 14.7. The molecule has 0 bridgehead atoms. The topological polar surface area (TPSA) is 355 Å². The fourth-order valence-corrected chi connectivity index (χ4v) is 19.0. The SMILES string of the molecule is CCCNCc1ccc(-c2cc3nccc(Oc4ccc(CC(=O)C5(C(=O)Cc6ccc(F)cc6)CC5)cc4F)c3s2)nc1.COCCN(Cc1ccc(-c2cc3nccc(Oc4ccc(CC(=O)C5(C(=O)Cc6ccc(F)cc6)CC5)cc4F)c3s2)nc1)C(=O)OC(C)(C)C.COCCN(Cc1ccc(-c2cc3nccc(Oc4ccc(N)cc4F)c3s2)nc1)C(=O)OC(C)(C)C.O=C(O)C1(C(=O)Nc2ccc(F)cc2)CC1. The molecule has 0 atom stereocenters. The van der Waals surface area contributed by atoms with Crippen LogP contribution in [0.25, 0.3) is 62.4 Å². The molecule has 0 unspecified atom stereocenters. The summed E-state index contributed by atoms with van der Waals surface area (Å²) in [4.78, 5) is 133. The van der Waals surface area contributed by atoms with Crippen molar-refractivity contribution >= 4 is 123 Å². The maximum Gasteiger partial charge on any atom is 0.410 e. The van der Waals surface area contributed by atoms with Gasteiger partial charge in [0.05, 0.1) is 99.5 Å². The van der Waals surface area contributed by atoms with Gasteiger partial charge in [-0.1, -0.05) is 61.5 Å². The van der Waals surface area contributed by atoms with Gasteiger partial charge >= 0.3 is 18.2 Å². The molecular weight excluding hydrogens is 1980 g/mol. The fraction of sp³-hybridized carbons (Fsp3) is 0.292. The zero-order valence-corrected chi connectivity index (χ0v) is 85.6. The normalized spacial score (nSPS) is 13.4. The number of benzene rings is 6. The van der Waals surface area contributed by atoms with Crippen molar-refractivity contribution in [1.29, 1.82) is 0 Å². The molecule has 9 heterocycles. The summed E-state index contributed by atoms with van der Waals surface area (Å²) in [5.41, 5.74) is 11.1. The van der Waals surface area contributed by atoms with Gasteiger partial charge in [-0.05, 0) is 253 Å². The highest BCUT2D eigenvalue weighted by Crippen LogP contribution is 2.52. The first-order valence-electron chi connectivity index (χ1n) is 48.1. The number of anilines is 2. The van der Waals surface area contributed by atoms with E-state index in [0.717, 1.165) is 82.7 Å². The molecule has 149 heavy (non-hydrogen) atoms. The molecule has 3 amide bonds. The molecular formula is C113H109F6N11O16S3. The number of methoxy groups -OCH3 is 2. The number of fused-ring (bicyclic) bond motifs is 3. The van der Waals surface area contributed by atoms with Crippen LogP contribution in [-0.2, 0) is 93.0 Å². The van der Waals surface area contributed by atoms with Crippen molar-refractivity contribution in [2.45, 2.75) is 150 Å². The first-order chi connectivity index (χ1) is 71.3. The Hall–Kier alpha value is -15.1. The second-order valence-corrected chi connectivity index (χ2v) is 41.4. The number of halogens is 6. The number of aliphatic carboxylic acids is 1. The van der Waals surface area contributed by atoms with Crippen molar-refractivity contribution in [2.24, 2.45) is 16.2 Å². The number of carbonyl (C=O) groups excluding carboxylic acids is 7. The van der Waals surface area contributed by atoms with E-state index in [1.54, 1.807) is 116 Å². The number of nitrogens with two attached hydrogens (primary N) is 1. The summed E-state index contributed by atoms with van der Waals surface area (Å²) in [6.45, 7) is 16.9. The zero-order chi connectivity index (χ0) is 106. The maximum absolute atomic E-state index is 15.4. The van der Waals surface area contributed by atoms with Gasteiger partial charge in [0.25, 0.3) is 0 Å². The number of nitrogens with zero attached hydrogens (tertiary/aromatic N) is 8. The predicted octanol–water partition coefficient (Wildman–Crippen LogP) is 24.0. The summed E-state index contributed by atoms with van der Waals surface area (Å²) >= 11 is 4.32. The van der Waals surface area contributed by atoms with Gasteiger partial charge in [0.2, 0.25) is 5.91 Å². The maximum atomic E-state index is 15.4. The number of hydrogen-bond acceptors (Lipinski definition) is 26. The van der Waals surface area contributed by atoms with Gasteiger partial charge in [-0.25, -0.2) is 35.9 Å². The molecule has 36 heteroatoms. The average Bonchev–Trinajstić information content (AvgIpc) is 1.61. The molecule has 0 radical (unpaired) electrons. The number of ketones is 4. The predicted molar refractivity (Wildman–Crippen MR) is 557 cm³/mol. The molecule has 0 spiro atoms. The van der Waals surface area contributed by atoms with Crippen LogP contribution in [0.15, 0.2) is 237 Å². The lowest BCUT2D eigenvalue weighted by Gasteiger charge is -2.27. The minimum atomic E-state index is -1.27. The molecule has 15 aromatic rings. The zero-order valence-electron chi connectivity index (χ0n) is 83.2. The minimum Gasteiger partial charge on any atom is -0.480 e. The molecule has 3 aliphatic carbocycles. The van der Waals surface area contributed by atoms with Crippen LogP contribution >= 0.6 is 34.0 Å². The van der Waals surface area contributed by atoms with Crippen molar-refractivity contribution in [3.63, 3.8) is 0 Å². The third-order valence-electron chi connectivity index (χ3n) is 24.5. The highest BCUT2D eigenvalue weighted by molar-refractivity contribution is 7.23. The van der Waals surface area contributed by atoms with Crippen molar-refractivity contribution in [1.82, 2.24) is 45.0 Å². The van der Waals surface area contributed by atoms with Crippen LogP contribution < -0.4 is 30.6 Å². The van der Waals surface area contributed by atoms with Gasteiger partial charge in [-0.15, -0.1) is 34.0 Å². The van der Waals surface area contributed by atoms with E-state index >= 15 is 8.78 Å². The highest BCUT2D eigenvalue weighted by atomic mass is 32.1. The second kappa shape index (κ2) is 47.8. The molecule has 0 aliphatic heterocycles. The van der Waals surface area contributed by atoms with E-state index in [0.29, 0.717) is 145 Å². The number of ether oxygens (including phenoxy) is 7. The first-order valence-corrected chi connectivity index (χ1v) is 50.5. The summed E-state index contributed by atoms with van der Waals surface area (Å²) in [6.07, 6.45) is 12.9. The smallest absolute Gasteiger partial charge is 0.410 e. The molecule has 0 saturated heterocycles. The quantitative estimate of drug-likeness (QED) is 0.0121. The fourth-order valence-electron chi connectivity index (χ4n) is 15.9. The minimum absolute atomic E-state index is 0.0161. The van der Waals surface area contributed by atoms with Crippen molar-refractivity contribution in [2.75, 3.05) is 58.1 Å². The van der Waals surface area contributed by atoms with E-state index < -0.39 is 80.6 Å². The van der Waals surface area contributed by atoms with E-state index in [9.17, 15) is 55.9 Å². The van der Waals surface area contributed by atoms with Crippen LogP contribution in [0, 0.1) is 51.1 Å². The monoisotopic (exact) mass is 2090 g/mol. The number of thiophene rings is 3. The van der Waals surface area contributed by atoms with E-state index in [-0.39, 0.29) is 71.9 Å². The summed E-state index contributed by atoms with van der Waals surface area (Å²) < 4.78 is 125. The summed E-state index contributed by atoms with van der Waals surface area (Å²) in [6, 6.07) is 52.1. The summed E-state index contributed by atoms with van der Waals surface area (Å²) in [7, 11) is 3.17. The first kappa shape index (κ1) is 108. The number of nitrogen functional groups attached to an aromatic ring is 1.